The molecule has 0 saturated heterocycles. The zero-order valence-corrected chi connectivity index (χ0v) is 12.2. The highest BCUT2D eigenvalue weighted by Crippen LogP contribution is 2.33. The van der Waals surface area contributed by atoms with Gasteiger partial charge < -0.3 is 9.84 Å². The summed E-state index contributed by atoms with van der Waals surface area (Å²) >= 11 is 6.18. The molecule has 0 amide bonds. The Labute approximate surface area is 123 Å². The summed E-state index contributed by atoms with van der Waals surface area (Å²) < 4.78 is 5.49. The average Bonchev–Trinajstić information content (AvgIpc) is 2.97. The van der Waals surface area contributed by atoms with Crippen LogP contribution in [0.25, 0.3) is 11.4 Å². The third kappa shape index (κ3) is 2.58. The number of likely N-dealkylation sites (N-methyl/N-ethyl adjacent to an activating group) is 1. The summed E-state index contributed by atoms with van der Waals surface area (Å²) in [5, 5.41) is 8.10. The van der Waals surface area contributed by atoms with Crippen LogP contribution in [0.4, 0.5) is 0 Å². The monoisotopic (exact) mass is 291 g/mol. The van der Waals surface area contributed by atoms with Gasteiger partial charge in [0, 0.05) is 11.6 Å². The van der Waals surface area contributed by atoms with Crippen LogP contribution in [0.15, 0.2) is 28.8 Å². The molecule has 1 N–H and O–H groups in total. The van der Waals surface area contributed by atoms with Gasteiger partial charge in [-0.3, -0.25) is 0 Å². The van der Waals surface area contributed by atoms with Gasteiger partial charge in [-0.2, -0.15) is 4.98 Å². The predicted molar refractivity (Wildman–Crippen MR) is 78.8 cm³/mol. The van der Waals surface area contributed by atoms with Crippen LogP contribution in [0.2, 0.25) is 5.02 Å². The lowest BCUT2D eigenvalue weighted by Gasteiger charge is -2.28. The first-order valence-corrected chi connectivity index (χ1v) is 7.43. The molecule has 1 aromatic carbocycles. The number of hydrogen-bond donors (Lipinski definition) is 1. The number of nitrogens with one attached hydrogen (secondary N) is 1. The van der Waals surface area contributed by atoms with Crippen LogP contribution >= 0.6 is 11.6 Å². The number of rotatable bonds is 3. The molecule has 0 spiro atoms. The summed E-state index contributed by atoms with van der Waals surface area (Å²) in [6.45, 7) is 0. The smallest absolute Gasteiger partial charge is 0.231 e. The first kappa shape index (κ1) is 13.6. The van der Waals surface area contributed by atoms with Crippen molar-refractivity contribution in [1.82, 2.24) is 15.5 Å². The second-order valence-corrected chi connectivity index (χ2v) is 5.63. The van der Waals surface area contributed by atoms with Crippen molar-refractivity contribution in [3.05, 3.63) is 35.2 Å². The lowest BCUT2D eigenvalue weighted by atomic mass is 9.84. The molecule has 0 radical (unpaired) electrons. The van der Waals surface area contributed by atoms with Gasteiger partial charge in [-0.1, -0.05) is 41.7 Å². The molecule has 1 aromatic heterocycles. The summed E-state index contributed by atoms with van der Waals surface area (Å²) in [6, 6.07) is 7.99. The van der Waals surface area contributed by atoms with Crippen LogP contribution in [-0.4, -0.2) is 23.2 Å². The maximum atomic E-state index is 6.18. The van der Waals surface area contributed by atoms with Crippen molar-refractivity contribution in [3.63, 3.8) is 0 Å². The van der Waals surface area contributed by atoms with Crippen molar-refractivity contribution in [2.75, 3.05) is 7.05 Å². The fraction of sp³-hybridized carbons (Fsp3) is 0.467. The summed E-state index contributed by atoms with van der Waals surface area (Å²) in [5.74, 6) is 1.60. The Hall–Kier alpha value is -1.39. The first-order chi connectivity index (χ1) is 9.79. The molecule has 5 heteroatoms. The van der Waals surface area contributed by atoms with Gasteiger partial charge in [0.1, 0.15) is 0 Å². The van der Waals surface area contributed by atoms with Crippen LogP contribution in [-0.2, 0) is 0 Å². The highest BCUT2D eigenvalue weighted by atomic mass is 35.5. The number of nitrogens with zero attached hydrogens (tertiary/aromatic N) is 2. The van der Waals surface area contributed by atoms with Crippen molar-refractivity contribution in [3.8, 4) is 11.4 Å². The number of hydrogen-bond acceptors (Lipinski definition) is 4. The van der Waals surface area contributed by atoms with E-state index in [0.717, 1.165) is 24.3 Å². The molecule has 1 fully saturated rings. The second kappa shape index (κ2) is 5.94. The lowest BCUT2D eigenvalue weighted by molar-refractivity contribution is 0.270. The third-order valence-corrected chi connectivity index (χ3v) is 4.34. The molecule has 1 aliphatic carbocycles. The molecule has 3 rings (SSSR count). The number of halogens is 1. The highest BCUT2D eigenvalue weighted by molar-refractivity contribution is 6.33. The zero-order chi connectivity index (χ0) is 13.9. The molecule has 2 aromatic rings. The van der Waals surface area contributed by atoms with Crippen LogP contribution < -0.4 is 5.32 Å². The van der Waals surface area contributed by atoms with Gasteiger partial charge in [-0.05, 0) is 32.0 Å². The van der Waals surface area contributed by atoms with Gasteiger partial charge >= 0.3 is 0 Å². The minimum absolute atomic E-state index is 0.303. The molecule has 106 valence electrons. The van der Waals surface area contributed by atoms with Crippen molar-refractivity contribution in [2.24, 2.45) is 0 Å². The van der Waals surface area contributed by atoms with Crippen molar-refractivity contribution < 1.29 is 4.52 Å². The Morgan fingerprint density at radius 3 is 2.85 bits per heavy atom. The van der Waals surface area contributed by atoms with E-state index in [1.165, 1.54) is 12.8 Å². The van der Waals surface area contributed by atoms with Crippen LogP contribution in [0.1, 0.15) is 37.5 Å². The Morgan fingerprint density at radius 1 is 1.25 bits per heavy atom. The predicted octanol–water partition coefficient (Wildman–Crippen LogP) is 3.64. The molecule has 1 saturated carbocycles. The fourth-order valence-electron chi connectivity index (χ4n) is 2.91. The molecular weight excluding hydrogens is 274 g/mol. The van der Waals surface area contributed by atoms with Gasteiger partial charge in [0.15, 0.2) is 0 Å². The molecule has 4 nitrogen and oxygen atoms in total. The van der Waals surface area contributed by atoms with Gasteiger partial charge in [-0.25, -0.2) is 0 Å². The van der Waals surface area contributed by atoms with E-state index < -0.39 is 0 Å². The first-order valence-electron chi connectivity index (χ1n) is 7.05. The van der Waals surface area contributed by atoms with Gasteiger partial charge in [0.2, 0.25) is 11.7 Å². The van der Waals surface area contributed by atoms with E-state index in [-0.39, 0.29) is 0 Å². The van der Waals surface area contributed by atoms with Crippen molar-refractivity contribution in [2.45, 2.75) is 37.6 Å². The minimum Gasteiger partial charge on any atom is -0.339 e. The van der Waals surface area contributed by atoms with E-state index in [2.05, 4.69) is 15.5 Å². The molecule has 0 aliphatic heterocycles. The van der Waals surface area contributed by atoms with Crippen LogP contribution in [0, 0.1) is 0 Å². The molecule has 0 bridgehead atoms. The SMILES string of the molecule is CNC1CCCCC1c1nc(-c2ccccc2Cl)no1. The van der Waals surface area contributed by atoms with Gasteiger partial charge in [0.05, 0.1) is 10.9 Å². The van der Waals surface area contributed by atoms with Crippen LogP contribution in [0.5, 0.6) is 0 Å². The Kier molecular flexibility index (Phi) is 4.03. The average molecular weight is 292 g/mol. The van der Waals surface area contributed by atoms with Gasteiger partial charge in [0.25, 0.3) is 0 Å². The third-order valence-electron chi connectivity index (χ3n) is 4.01. The van der Waals surface area contributed by atoms with E-state index in [1.54, 1.807) is 0 Å². The van der Waals surface area contributed by atoms with E-state index >= 15 is 0 Å². The van der Waals surface area contributed by atoms with E-state index in [4.69, 9.17) is 16.1 Å². The zero-order valence-electron chi connectivity index (χ0n) is 11.5. The quantitative estimate of drug-likeness (QED) is 0.938. The summed E-state index contributed by atoms with van der Waals surface area (Å²) in [7, 11) is 1.99. The van der Waals surface area contributed by atoms with Crippen molar-refractivity contribution >= 4 is 11.6 Å². The van der Waals surface area contributed by atoms with E-state index in [1.807, 2.05) is 31.3 Å². The standard InChI is InChI=1S/C15H18ClN3O/c1-17-13-9-5-3-7-11(13)15-18-14(19-20-15)10-6-2-4-8-12(10)16/h2,4,6,8,11,13,17H,3,5,7,9H2,1H3. The molecule has 2 unspecified atom stereocenters. The highest BCUT2D eigenvalue weighted by Gasteiger charge is 2.30. The molecule has 1 aliphatic rings. The normalized spacial score (nSPS) is 22.9. The lowest BCUT2D eigenvalue weighted by Crippen LogP contribution is -2.34. The maximum Gasteiger partial charge on any atom is 0.231 e. The van der Waals surface area contributed by atoms with Gasteiger partial charge in [-0.15, -0.1) is 0 Å². The van der Waals surface area contributed by atoms with E-state index in [9.17, 15) is 0 Å². The summed E-state index contributed by atoms with van der Waals surface area (Å²) in [6.07, 6.45) is 4.72. The topological polar surface area (TPSA) is 51.0 Å². The Balaban J connectivity index is 1.88. The molecule has 20 heavy (non-hydrogen) atoms. The minimum atomic E-state index is 0.303. The van der Waals surface area contributed by atoms with Crippen LogP contribution in [0.3, 0.4) is 0 Å². The fourth-order valence-corrected chi connectivity index (χ4v) is 3.13. The second-order valence-electron chi connectivity index (χ2n) is 5.22. The van der Waals surface area contributed by atoms with E-state index in [0.29, 0.717) is 22.8 Å². The largest absolute Gasteiger partial charge is 0.339 e. The Morgan fingerprint density at radius 2 is 2.05 bits per heavy atom. The van der Waals surface area contributed by atoms with Crippen molar-refractivity contribution in [1.29, 1.82) is 0 Å². The molecule has 2 atom stereocenters. The summed E-state index contributed by atoms with van der Waals surface area (Å²) in [4.78, 5) is 4.56. The number of aromatic nitrogens is 2. The molecule has 1 heterocycles. The number of benzene rings is 1. The molecular formula is C15H18ClN3O. The maximum absolute atomic E-state index is 6.18. The summed E-state index contributed by atoms with van der Waals surface area (Å²) in [5.41, 5.74) is 0.820. The Bertz CT molecular complexity index is 584.